The van der Waals surface area contributed by atoms with Crippen LogP contribution in [0.15, 0.2) is 12.1 Å². The summed E-state index contributed by atoms with van der Waals surface area (Å²) in [6.45, 7) is 2.78. The standard InChI is InChI=1S/C7H11F3NP/c1-3-12(8,9,10)7-5-4-6(2)11-7/h4-5,11H,3H2,1-2H3. The van der Waals surface area contributed by atoms with E-state index in [1.54, 1.807) is 6.92 Å². The molecular formula is C7H11F3NP. The van der Waals surface area contributed by atoms with Gasteiger partial charge in [0.05, 0.1) is 0 Å². The van der Waals surface area contributed by atoms with Gasteiger partial charge in [-0.05, 0) is 0 Å². The molecule has 0 aliphatic carbocycles. The molecule has 0 saturated carbocycles. The van der Waals surface area contributed by atoms with Crippen LogP contribution in [0.5, 0.6) is 0 Å². The molecule has 0 fully saturated rings. The van der Waals surface area contributed by atoms with E-state index in [9.17, 15) is 12.6 Å². The first-order chi connectivity index (χ1) is 5.33. The predicted molar refractivity (Wildman–Crippen MR) is 45.9 cm³/mol. The van der Waals surface area contributed by atoms with Crippen LogP contribution in [0.25, 0.3) is 0 Å². The summed E-state index contributed by atoms with van der Waals surface area (Å²) in [5.74, 6) is 0. The number of halogens is 3. The van der Waals surface area contributed by atoms with E-state index in [4.69, 9.17) is 0 Å². The fourth-order valence-corrected chi connectivity index (χ4v) is 1.97. The molecule has 1 aromatic heterocycles. The van der Waals surface area contributed by atoms with E-state index < -0.39 is 19.1 Å². The van der Waals surface area contributed by atoms with Crippen LogP contribution in [-0.4, -0.2) is 11.1 Å². The summed E-state index contributed by atoms with van der Waals surface area (Å²) in [4.78, 5) is 2.34. The van der Waals surface area contributed by atoms with Crippen molar-refractivity contribution in [2.75, 3.05) is 6.16 Å². The molecule has 0 radical (unpaired) electrons. The zero-order valence-corrected chi connectivity index (χ0v) is 7.84. The number of aromatic nitrogens is 1. The molecule has 0 bridgehead atoms. The SMILES string of the molecule is CCP(F)(F)(F)c1ccc(C)[nH]1. The molecule has 1 heterocycles. The maximum absolute atomic E-state index is 13.0. The van der Waals surface area contributed by atoms with Gasteiger partial charge >= 0.3 is 68.4 Å². The molecule has 1 N–H and O–H groups in total. The molecule has 5 heteroatoms. The normalized spacial score (nSPS) is 15.6. The molecule has 0 spiro atoms. The van der Waals surface area contributed by atoms with E-state index in [0.717, 1.165) is 13.0 Å². The van der Waals surface area contributed by atoms with Gasteiger partial charge in [-0.2, -0.15) is 0 Å². The van der Waals surface area contributed by atoms with Gasteiger partial charge in [0.15, 0.2) is 0 Å². The summed E-state index contributed by atoms with van der Waals surface area (Å²) < 4.78 is 39.1. The summed E-state index contributed by atoms with van der Waals surface area (Å²) in [5, 5.41) is 0. The van der Waals surface area contributed by atoms with Gasteiger partial charge in [-0.25, -0.2) is 0 Å². The Labute approximate surface area is 69.3 Å². The second-order valence-corrected chi connectivity index (χ2v) is 5.84. The Bertz CT molecular complexity index is 286. The minimum atomic E-state index is -6.05. The van der Waals surface area contributed by atoms with Gasteiger partial charge < -0.3 is 0 Å². The predicted octanol–water partition coefficient (Wildman–Crippen LogP) is 3.18. The van der Waals surface area contributed by atoms with Crippen molar-refractivity contribution in [1.29, 1.82) is 0 Å². The Morgan fingerprint density at radius 1 is 1.33 bits per heavy atom. The van der Waals surface area contributed by atoms with Crippen LogP contribution >= 0.6 is 7.54 Å². The van der Waals surface area contributed by atoms with Crippen molar-refractivity contribution in [1.82, 2.24) is 4.98 Å². The fraction of sp³-hybridized carbons (Fsp3) is 0.429. The van der Waals surface area contributed by atoms with E-state index >= 15 is 0 Å². The van der Waals surface area contributed by atoms with Crippen LogP contribution in [-0.2, 0) is 0 Å². The van der Waals surface area contributed by atoms with E-state index in [0.29, 0.717) is 5.69 Å². The van der Waals surface area contributed by atoms with Gasteiger partial charge in [0.1, 0.15) is 0 Å². The third-order valence-corrected chi connectivity index (χ3v) is 3.96. The molecule has 0 saturated heterocycles. The minimum absolute atomic E-state index is 0.541. The zero-order valence-electron chi connectivity index (χ0n) is 6.94. The Kier molecular flexibility index (Phi) is 1.99. The molecule has 70 valence electrons. The molecule has 12 heavy (non-hydrogen) atoms. The number of hydrogen-bond donors (Lipinski definition) is 1. The van der Waals surface area contributed by atoms with Crippen LogP contribution < -0.4 is 5.44 Å². The second-order valence-electron chi connectivity index (χ2n) is 2.80. The Morgan fingerprint density at radius 3 is 2.25 bits per heavy atom. The van der Waals surface area contributed by atoms with Crippen molar-refractivity contribution in [3.63, 3.8) is 0 Å². The monoisotopic (exact) mass is 197 g/mol. The van der Waals surface area contributed by atoms with E-state index in [1.807, 2.05) is 0 Å². The molecule has 0 amide bonds. The molecule has 1 aromatic rings. The summed E-state index contributed by atoms with van der Waals surface area (Å²) in [6.07, 6.45) is -0.731. The van der Waals surface area contributed by atoms with Crippen LogP contribution in [0, 0.1) is 6.92 Å². The first-order valence-corrected chi connectivity index (χ1v) is 5.76. The van der Waals surface area contributed by atoms with Gasteiger partial charge in [0.2, 0.25) is 0 Å². The maximum atomic E-state index is 13.0. The molecule has 1 nitrogen and oxygen atoms in total. The van der Waals surface area contributed by atoms with Crippen molar-refractivity contribution in [3.8, 4) is 0 Å². The van der Waals surface area contributed by atoms with Crippen molar-refractivity contribution < 1.29 is 12.6 Å². The average molecular weight is 197 g/mol. The number of aromatic amines is 1. The number of H-pyrrole nitrogens is 1. The first-order valence-electron chi connectivity index (χ1n) is 3.66. The van der Waals surface area contributed by atoms with E-state index in [1.165, 1.54) is 6.07 Å². The molecular weight excluding hydrogens is 186 g/mol. The fourth-order valence-electron chi connectivity index (χ4n) is 0.900. The molecule has 0 aromatic carbocycles. The zero-order chi connectivity index (χ0) is 9.43. The van der Waals surface area contributed by atoms with Gasteiger partial charge in [-0.1, -0.05) is 0 Å². The molecule has 0 aliphatic heterocycles. The third-order valence-electron chi connectivity index (χ3n) is 1.78. The Morgan fingerprint density at radius 2 is 1.92 bits per heavy atom. The topological polar surface area (TPSA) is 15.8 Å². The third kappa shape index (κ3) is 1.63. The van der Waals surface area contributed by atoms with Crippen molar-refractivity contribution in [2.24, 2.45) is 0 Å². The van der Waals surface area contributed by atoms with Crippen LogP contribution in [0.4, 0.5) is 12.6 Å². The molecule has 0 aliphatic rings. The summed E-state index contributed by atoms with van der Waals surface area (Å²) in [7, 11) is -6.05. The van der Waals surface area contributed by atoms with Gasteiger partial charge in [-0.3, -0.25) is 0 Å². The Hall–Kier alpha value is -0.500. The van der Waals surface area contributed by atoms with Gasteiger partial charge in [-0.15, -0.1) is 0 Å². The van der Waals surface area contributed by atoms with Crippen LogP contribution in [0.3, 0.4) is 0 Å². The summed E-state index contributed by atoms with van der Waals surface area (Å²) in [5.41, 5.74) is 0.0152. The van der Waals surface area contributed by atoms with Gasteiger partial charge in [0.25, 0.3) is 0 Å². The average Bonchev–Trinajstić information content (AvgIpc) is 2.36. The molecule has 0 unspecified atom stereocenters. The van der Waals surface area contributed by atoms with E-state index in [2.05, 4.69) is 4.98 Å². The first kappa shape index (κ1) is 9.59. The quantitative estimate of drug-likeness (QED) is 0.701. The number of rotatable bonds is 2. The molecule has 1 rings (SSSR count). The summed E-state index contributed by atoms with van der Waals surface area (Å²) >= 11 is 0. The number of nitrogens with one attached hydrogen (secondary N) is 1. The Balaban J connectivity index is 3.13. The number of hydrogen-bond acceptors (Lipinski definition) is 0. The van der Waals surface area contributed by atoms with Crippen molar-refractivity contribution in [2.45, 2.75) is 13.8 Å². The van der Waals surface area contributed by atoms with Crippen molar-refractivity contribution >= 4 is 13.0 Å². The van der Waals surface area contributed by atoms with Crippen LogP contribution in [0.1, 0.15) is 12.6 Å². The van der Waals surface area contributed by atoms with E-state index in [-0.39, 0.29) is 0 Å². The van der Waals surface area contributed by atoms with Crippen molar-refractivity contribution in [3.05, 3.63) is 17.8 Å². The molecule has 0 atom stereocenters. The van der Waals surface area contributed by atoms with Gasteiger partial charge in [0, 0.05) is 0 Å². The second kappa shape index (κ2) is 2.49. The summed E-state index contributed by atoms with van der Waals surface area (Å²) in [6, 6.07) is 2.57. The van der Waals surface area contributed by atoms with Crippen LogP contribution in [0.2, 0.25) is 0 Å². The number of aryl methyl sites for hydroxylation is 1.